The minimum atomic E-state index is 0.0241. The fraction of sp³-hybridized carbons (Fsp3) is 0.533. The first-order valence-corrected chi connectivity index (χ1v) is 6.91. The normalized spacial score (nSPS) is 19.8. The fourth-order valence-corrected chi connectivity index (χ4v) is 2.63. The van der Waals surface area contributed by atoms with Gasteiger partial charge in [-0.2, -0.15) is 0 Å². The molecule has 2 atom stereocenters. The predicted molar refractivity (Wildman–Crippen MR) is 79.4 cm³/mol. The first-order valence-electron chi connectivity index (χ1n) is 6.91. The predicted octanol–water partition coefficient (Wildman–Crippen LogP) is 1.61. The van der Waals surface area contributed by atoms with E-state index in [4.69, 9.17) is 15.7 Å². The molecule has 1 aliphatic rings. The number of ether oxygens (including phenoxy) is 1. The maximum absolute atomic E-state index is 8.67. The number of likely N-dealkylation sites (N-methyl/N-ethyl adjacent to an activating group) is 1. The lowest BCUT2D eigenvalue weighted by Gasteiger charge is -2.23. The van der Waals surface area contributed by atoms with Crippen molar-refractivity contribution in [3.63, 3.8) is 0 Å². The summed E-state index contributed by atoms with van der Waals surface area (Å²) in [5, 5.41) is 11.7. The number of oxime groups is 1. The van der Waals surface area contributed by atoms with Crippen molar-refractivity contribution in [2.75, 3.05) is 20.1 Å². The molecule has 5 heteroatoms. The lowest BCUT2D eigenvalue weighted by atomic mass is 10.1. The molecule has 0 bridgehead atoms. The van der Waals surface area contributed by atoms with Gasteiger partial charge in [0.15, 0.2) is 0 Å². The number of amidine groups is 1. The number of hydrogen-bond donors (Lipinski definition) is 2. The van der Waals surface area contributed by atoms with Gasteiger partial charge in [0.2, 0.25) is 0 Å². The topological polar surface area (TPSA) is 71.1 Å². The molecule has 3 N–H and O–H groups in total. The van der Waals surface area contributed by atoms with Crippen LogP contribution in [0.4, 0.5) is 0 Å². The zero-order valence-corrected chi connectivity index (χ0v) is 12.3. The third-order valence-corrected chi connectivity index (χ3v) is 3.68. The Balaban J connectivity index is 1.87. The van der Waals surface area contributed by atoms with E-state index in [1.807, 2.05) is 20.0 Å². The lowest BCUT2D eigenvalue weighted by molar-refractivity contribution is 0.164. The Morgan fingerprint density at radius 1 is 1.60 bits per heavy atom. The summed E-state index contributed by atoms with van der Waals surface area (Å²) >= 11 is 0. The van der Waals surface area contributed by atoms with E-state index < -0.39 is 0 Å². The van der Waals surface area contributed by atoms with E-state index in [1.165, 1.54) is 11.1 Å². The van der Waals surface area contributed by atoms with Crippen molar-refractivity contribution in [1.82, 2.24) is 4.90 Å². The highest BCUT2D eigenvalue weighted by molar-refractivity contribution is 5.82. The SMILES string of the molecule is Cc1ccc2c(c1)CC(CN(C)CC(C)C(N)=NO)O2. The van der Waals surface area contributed by atoms with Gasteiger partial charge in [0, 0.05) is 25.4 Å². The van der Waals surface area contributed by atoms with Crippen molar-refractivity contribution in [1.29, 1.82) is 0 Å². The van der Waals surface area contributed by atoms with E-state index in [0.717, 1.165) is 25.3 Å². The summed E-state index contributed by atoms with van der Waals surface area (Å²) in [4.78, 5) is 2.16. The van der Waals surface area contributed by atoms with Gasteiger partial charge in [0.25, 0.3) is 0 Å². The van der Waals surface area contributed by atoms with Crippen molar-refractivity contribution >= 4 is 5.84 Å². The molecule has 0 saturated heterocycles. The average molecular weight is 277 g/mol. The molecular formula is C15H23N3O2. The Morgan fingerprint density at radius 2 is 2.35 bits per heavy atom. The Kier molecular flexibility index (Phi) is 4.49. The van der Waals surface area contributed by atoms with Crippen LogP contribution in [-0.4, -0.2) is 42.2 Å². The Labute approximate surface area is 120 Å². The molecule has 1 aromatic rings. The molecule has 0 aromatic heterocycles. The highest BCUT2D eigenvalue weighted by atomic mass is 16.5. The van der Waals surface area contributed by atoms with E-state index in [0.29, 0.717) is 0 Å². The first kappa shape index (κ1) is 14.7. The highest BCUT2D eigenvalue weighted by Gasteiger charge is 2.24. The number of hydrogen-bond acceptors (Lipinski definition) is 4. The quantitative estimate of drug-likeness (QED) is 0.371. The van der Waals surface area contributed by atoms with Gasteiger partial charge in [-0.1, -0.05) is 29.8 Å². The minimum absolute atomic E-state index is 0.0241. The molecule has 0 aliphatic carbocycles. The molecule has 1 aromatic carbocycles. The summed E-state index contributed by atoms with van der Waals surface area (Å²) in [5.41, 5.74) is 8.15. The zero-order chi connectivity index (χ0) is 14.7. The van der Waals surface area contributed by atoms with E-state index in [2.05, 4.69) is 29.1 Å². The zero-order valence-electron chi connectivity index (χ0n) is 12.3. The molecule has 1 heterocycles. The fourth-order valence-electron chi connectivity index (χ4n) is 2.63. The van der Waals surface area contributed by atoms with Crippen LogP contribution in [0.25, 0.3) is 0 Å². The maximum Gasteiger partial charge on any atom is 0.143 e. The van der Waals surface area contributed by atoms with Gasteiger partial charge >= 0.3 is 0 Å². The van der Waals surface area contributed by atoms with Crippen LogP contribution in [0.1, 0.15) is 18.1 Å². The van der Waals surface area contributed by atoms with Crippen LogP contribution in [-0.2, 0) is 6.42 Å². The third-order valence-electron chi connectivity index (χ3n) is 3.68. The molecule has 2 unspecified atom stereocenters. The molecule has 0 saturated carbocycles. The first-order chi connectivity index (χ1) is 9.49. The van der Waals surface area contributed by atoms with Gasteiger partial charge in [-0.3, -0.25) is 0 Å². The van der Waals surface area contributed by atoms with Gasteiger partial charge in [0.05, 0.1) is 0 Å². The van der Waals surface area contributed by atoms with Gasteiger partial charge in [-0.05, 0) is 25.6 Å². The molecular weight excluding hydrogens is 254 g/mol. The van der Waals surface area contributed by atoms with Crippen LogP contribution in [0.2, 0.25) is 0 Å². The second-order valence-electron chi connectivity index (χ2n) is 5.70. The Bertz CT molecular complexity index is 502. The van der Waals surface area contributed by atoms with E-state index >= 15 is 0 Å². The second-order valence-corrected chi connectivity index (χ2v) is 5.70. The molecule has 1 aliphatic heterocycles. The number of rotatable bonds is 5. The Morgan fingerprint density at radius 3 is 3.05 bits per heavy atom. The lowest BCUT2D eigenvalue weighted by Crippen LogP contribution is -2.38. The van der Waals surface area contributed by atoms with Gasteiger partial charge in [-0.25, -0.2) is 0 Å². The van der Waals surface area contributed by atoms with Crippen molar-refractivity contribution in [2.24, 2.45) is 16.8 Å². The molecule has 20 heavy (non-hydrogen) atoms. The smallest absolute Gasteiger partial charge is 0.143 e. The monoisotopic (exact) mass is 277 g/mol. The van der Waals surface area contributed by atoms with Crippen LogP contribution in [0.15, 0.2) is 23.4 Å². The van der Waals surface area contributed by atoms with Crippen LogP contribution in [0, 0.1) is 12.8 Å². The largest absolute Gasteiger partial charge is 0.488 e. The number of fused-ring (bicyclic) bond motifs is 1. The van der Waals surface area contributed by atoms with Gasteiger partial charge in [-0.15, -0.1) is 0 Å². The summed E-state index contributed by atoms with van der Waals surface area (Å²) in [6, 6.07) is 6.31. The number of aryl methyl sites for hydroxylation is 1. The minimum Gasteiger partial charge on any atom is -0.488 e. The third kappa shape index (κ3) is 3.42. The van der Waals surface area contributed by atoms with Crippen LogP contribution in [0.5, 0.6) is 5.75 Å². The summed E-state index contributed by atoms with van der Waals surface area (Å²) in [7, 11) is 2.03. The van der Waals surface area contributed by atoms with E-state index in [-0.39, 0.29) is 17.9 Å². The van der Waals surface area contributed by atoms with E-state index in [9.17, 15) is 0 Å². The molecule has 5 nitrogen and oxygen atoms in total. The average Bonchev–Trinajstić information content (AvgIpc) is 2.78. The van der Waals surface area contributed by atoms with Crippen molar-refractivity contribution in [2.45, 2.75) is 26.4 Å². The van der Waals surface area contributed by atoms with Crippen molar-refractivity contribution in [3.8, 4) is 5.75 Å². The van der Waals surface area contributed by atoms with E-state index in [1.54, 1.807) is 0 Å². The molecule has 2 rings (SSSR count). The van der Waals surface area contributed by atoms with Crippen molar-refractivity contribution in [3.05, 3.63) is 29.3 Å². The number of nitrogens with zero attached hydrogens (tertiary/aromatic N) is 2. The molecule has 0 spiro atoms. The summed E-state index contributed by atoms with van der Waals surface area (Å²) in [6.45, 7) is 5.61. The van der Waals surface area contributed by atoms with Gasteiger partial charge in [0.1, 0.15) is 17.7 Å². The highest BCUT2D eigenvalue weighted by Crippen LogP contribution is 2.29. The molecule has 0 radical (unpaired) electrons. The summed E-state index contributed by atoms with van der Waals surface area (Å²) in [5.74, 6) is 1.29. The van der Waals surface area contributed by atoms with Crippen molar-refractivity contribution < 1.29 is 9.94 Å². The van der Waals surface area contributed by atoms with Crippen LogP contribution in [0.3, 0.4) is 0 Å². The second kappa shape index (κ2) is 6.13. The summed E-state index contributed by atoms with van der Waals surface area (Å²) in [6.07, 6.45) is 1.12. The number of benzene rings is 1. The standard InChI is InChI=1S/C15H23N3O2/c1-10-4-5-14-12(6-10)7-13(20-14)9-18(3)8-11(2)15(16)17-19/h4-6,11,13,19H,7-9H2,1-3H3,(H2,16,17). The van der Waals surface area contributed by atoms with Crippen LogP contribution >= 0.6 is 0 Å². The van der Waals surface area contributed by atoms with Gasteiger partial charge < -0.3 is 20.6 Å². The molecule has 110 valence electrons. The molecule has 0 amide bonds. The molecule has 0 fully saturated rings. The number of nitrogens with two attached hydrogens (primary N) is 1. The maximum atomic E-state index is 8.67. The van der Waals surface area contributed by atoms with Crippen LogP contribution < -0.4 is 10.5 Å². The Hall–Kier alpha value is -1.75. The summed E-state index contributed by atoms with van der Waals surface area (Å²) < 4.78 is 5.95.